The van der Waals surface area contributed by atoms with Crippen LogP contribution in [0, 0.1) is 0 Å². The summed E-state index contributed by atoms with van der Waals surface area (Å²) < 4.78 is 28.3. The molecule has 7 nitrogen and oxygen atoms in total. The largest absolute Gasteiger partial charge is 0.492 e. The normalized spacial score (nSPS) is 11.4. The Kier molecular flexibility index (Phi) is 5.29. The minimum atomic E-state index is -3.11. The van der Waals surface area contributed by atoms with Crippen LogP contribution in [0.5, 0.6) is 5.75 Å². The molecule has 0 fully saturated rings. The van der Waals surface area contributed by atoms with Crippen LogP contribution in [0.4, 0.5) is 0 Å². The van der Waals surface area contributed by atoms with E-state index in [4.69, 9.17) is 10.5 Å². The van der Waals surface area contributed by atoms with Crippen molar-refractivity contribution in [1.29, 1.82) is 0 Å². The molecule has 0 spiro atoms. The fraction of sp³-hybridized carbons (Fsp3) is 0.600. The van der Waals surface area contributed by atoms with Crippen LogP contribution in [0.25, 0.3) is 0 Å². The minimum absolute atomic E-state index is 0.0424. The van der Waals surface area contributed by atoms with Gasteiger partial charge in [0.15, 0.2) is 0 Å². The second kappa shape index (κ2) is 6.50. The molecule has 0 bridgehead atoms. The van der Waals surface area contributed by atoms with Crippen molar-refractivity contribution in [2.24, 2.45) is 5.73 Å². The van der Waals surface area contributed by atoms with E-state index in [1.807, 2.05) is 0 Å². The third-order valence-corrected chi connectivity index (χ3v) is 3.06. The van der Waals surface area contributed by atoms with Crippen molar-refractivity contribution in [2.75, 3.05) is 25.2 Å². The quantitative estimate of drug-likeness (QED) is 0.641. The standard InChI is InChI=1S/C10H17N3O4S/c1-18(15,16)6-4-13-10(14)7-9(8-12-13)17-5-2-3-11/h7-8H,2-6,11H2,1H3. The first-order valence-electron chi connectivity index (χ1n) is 5.50. The predicted molar refractivity (Wildman–Crippen MR) is 67.4 cm³/mol. The van der Waals surface area contributed by atoms with Crippen LogP contribution in [0.3, 0.4) is 0 Å². The Hall–Kier alpha value is -1.41. The maximum Gasteiger partial charge on any atom is 0.270 e. The molecule has 0 saturated heterocycles. The zero-order valence-electron chi connectivity index (χ0n) is 10.2. The molecule has 0 saturated carbocycles. The second-order valence-corrected chi connectivity index (χ2v) is 6.13. The molecule has 2 N–H and O–H groups in total. The number of hydrogen-bond acceptors (Lipinski definition) is 6. The Labute approximate surface area is 105 Å². The van der Waals surface area contributed by atoms with Crippen LogP contribution in [-0.4, -0.2) is 43.4 Å². The third-order valence-electron chi connectivity index (χ3n) is 2.14. The number of ether oxygens (including phenoxy) is 1. The zero-order valence-corrected chi connectivity index (χ0v) is 11.0. The number of rotatable bonds is 7. The van der Waals surface area contributed by atoms with Gasteiger partial charge in [-0.1, -0.05) is 0 Å². The molecule has 1 aromatic rings. The van der Waals surface area contributed by atoms with E-state index in [2.05, 4.69) is 5.10 Å². The molecule has 0 atom stereocenters. The maximum atomic E-state index is 11.6. The molecule has 0 aromatic carbocycles. The van der Waals surface area contributed by atoms with Crippen LogP contribution >= 0.6 is 0 Å². The van der Waals surface area contributed by atoms with Gasteiger partial charge in [0.1, 0.15) is 15.6 Å². The lowest BCUT2D eigenvalue weighted by atomic mass is 10.4. The van der Waals surface area contributed by atoms with Gasteiger partial charge >= 0.3 is 0 Å². The van der Waals surface area contributed by atoms with Crippen LogP contribution in [0.1, 0.15) is 6.42 Å². The number of aromatic nitrogens is 2. The van der Waals surface area contributed by atoms with E-state index in [0.717, 1.165) is 10.9 Å². The molecule has 0 amide bonds. The van der Waals surface area contributed by atoms with Crippen molar-refractivity contribution in [3.8, 4) is 5.75 Å². The monoisotopic (exact) mass is 275 g/mol. The first-order chi connectivity index (χ1) is 8.42. The van der Waals surface area contributed by atoms with Gasteiger partial charge in [0.05, 0.1) is 25.1 Å². The van der Waals surface area contributed by atoms with E-state index in [9.17, 15) is 13.2 Å². The highest BCUT2D eigenvalue weighted by atomic mass is 32.2. The number of nitrogens with two attached hydrogens (primary N) is 1. The molecule has 0 unspecified atom stereocenters. The Morgan fingerprint density at radius 1 is 1.50 bits per heavy atom. The van der Waals surface area contributed by atoms with Crippen molar-refractivity contribution in [2.45, 2.75) is 13.0 Å². The van der Waals surface area contributed by atoms with Crippen molar-refractivity contribution in [3.63, 3.8) is 0 Å². The Balaban J connectivity index is 2.65. The molecular formula is C10H17N3O4S. The lowest BCUT2D eigenvalue weighted by Crippen LogP contribution is -2.25. The molecule has 0 aliphatic carbocycles. The number of nitrogens with zero attached hydrogens (tertiary/aromatic N) is 2. The van der Waals surface area contributed by atoms with Crippen LogP contribution in [0.2, 0.25) is 0 Å². The molecule has 0 radical (unpaired) electrons. The number of sulfone groups is 1. The molecule has 1 aromatic heterocycles. The summed E-state index contributed by atoms with van der Waals surface area (Å²) in [7, 11) is -3.11. The molecule has 0 aliphatic rings. The predicted octanol–water partition coefficient (Wildman–Crippen LogP) is -0.984. The second-order valence-electron chi connectivity index (χ2n) is 3.87. The van der Waals surface area contributed by atoms with E-state index >= 15 is 0 Å². The van der Waals surface area contributed by atoms with Crippen LogP contribution in [0.15, 0.2) is 17.1 Å². The van der Waals surface area contributed by atoms with Gasteiger partial charge in [-0.05, 0) is 13.0 Å². The van der Waals surface area contributed by atoms with E-state index < -0.39 is 9.84 Å². The molecule has 18 heavy (non-hydrogen) atoms. The van der Waals surface area contributed by atoms with E-state index in [-0.39, 0.29) is 17.9 Å². The average molecular weight is 275 g/mol. The highest BCUT2D eigenvalue weighted by Crippen LogP contribution is 2.03. The summed E-state index contributed by atoms with van der Waals surface area (Å²) in [5, 5.41) is 3.84. The van der Waals surface area contributed by atoms with E-state index in [1.165, 1.54) is 12.3 Å². The van der Waals surface area contributed by atoms with Crippen LogP contribution < -0.4 is 16.0 Å². The SMILES string of the molecule is CS(=O)(=O)CCn1ncc(OCCCN)cc1=O. The molecule has 0 aliphatic heterocycles. The molecule has 1 rings (SSSR count). The van der Waals surface area contributed by atoms with E-state index in [1.54, 1.807) is 0 Å². The highest BCUT2D eigenvalue weighted by molar-refractivity contribution is 7.90. The molecule has 1 heterocycles. The van der Waals surface area contributed by atoms with Gasteiger partial charge in [-0.3, -0.25) is 4.79 Å². The van der Waals surface area contributed by atoms with Gasteiger partial charge in [-0.2, -0.15) is 5.10 Å². The van der Waals surface area contributed by atoms with Gasteiger partial charge < -0.3 is 10.5 Å². The topological polar surface area (TPSA) is 104 Å². The Morgan fingerprint density at radius 2 is 2.22 bits per heavy atom. The summed E-state index contributed by atoms with van der Waals surface area (Å²) in [5.74, 6) is 0.247. The van der Waals surface area contributed by atoms with Gasteiger partial charge in [-0.25, -0.2) is 13.1 Å². The lowest BCUT2D eigenvalue weighted by Gasteiger charge is -2.06. The van der Waals surface area contributed by atoms with Crippen molar-refractivity contribution >= 4 is 9.84 Å². The summed E-state index contributed by atoms with van der Waals surface area (Å²) >= 11 is 0. The van der Waals surface area contributed by atoms with Gasteiger partial charge in [0.2, 0.25) is 0 Å². The number of aryl methyl sites for hydroxylation is 1. The van der Waals surface area contributed by atoms with Crippen molar-refractivity contribution < 1.29 is 13.2 Å². The fourth-order valence-electron chi connectivity index (χ4n) is 1.19. The summed E-state index contributed by atoms with van der Waals surface area (Å²) in [6.07, 6.45) is 3.19. The maximum absolute atomic E-state index is 11.6. The summed E-state index contributed by atoms with van der Waals surface area (Å²) in [6.45, 7) is 0.977. The summed E-state index contributed by atoms with van der Waals surface area (Å²) in [5.41, 5.74) is 4.92. The molecule has 102 valence electrons. The van der Waals surface area contributed by atoms with Gasteiger partial charge in [0.25, 0.3) is 5.56 Å². The average Bonchev–Trinajstić information content (AvgIpc) is 2.27. The summed E-state index contributed by atoms with van der Waals surface area (Å²) in [6, 6.07) is 1.28. The lowest BCUT2D eigenvalue weighted by molar-refractivity contribution is 0.309. The Morgan fingerprint density at radius 3 is 2.78 bits per heavy atom. The highest BCUT2D eigenvalue weighted by Gasteiger charge is 2.05. The molecular weight excluding hydrogens is 258 g/mol. The zero-order chi connectivity index (χ0) is 13.6. The fourth-order valence-corrected chi connectivity index (χ4v) is 1.69. The first-order valence-corrected chi connectivity index (χ1v) is 7.56. The first kappa shape index (κ1) is 14.7. The van der Waals surface area contributed by atoms with Gasteiger partial charge in [-0.15, -0.1) is 0 Å². The minimum Gasteiger partial charge on any atom is -0.492 e. The van der Waals surface area contributed by atoms with Crippen LogP contribution in [-0.2, 0) is 16.4 Å². The van der Waals surface area contributed by atoms with E-state index in [0.29, 0.717) is 25.3 Å². The number of hydrogen-bond donors (Lipinski definition) is 1. The van der Waals surface area contributed by atoms with Crippen molar-refractivity contribution in [1.82, 2.24) is 9.78 Å². The third kappa shape index (κ3) is 5.28. The molecule has 8 heteroatoms. The Bertz CT molecular complexity index is 538. The summed E-state index contributed by atoms with van der Waals surface area (Å²) in [4.78, 5) is 11.6. The van der Waals surface area contributed by atoms with Gasteiger partial charge in [0, 0.05) is 12.3 Å². The van der Waals surface area contributed by atoms with Crippen molar-refractivity contribution in [3.05, 3.63) is 22.6 Å². The smallest absolute Gasteiger partial charge is 0.270 e.